The van der Waals surface area contributed by atoms with Crippen LogP contribution in [0.1, 0.15) is 6.42 Å². The molecule has 0 spiro atoms. The van der Waals surface area contributed by atoms with Crippen molar-refractivity contribution in [3.63, 3.8) is 0 Å². The average Bonchev–Trinajstić information content (AvgIpc) is 2.98. The minimum atomic E-state index is -1.02. The Hall–Kier alpha value is -0.890. The molecule has 0 aromatic carbocycles. The second-order valence-electron chi connectivity index (χ2n) is 4.95. The topological polar surface area (TPSA) is 83.1 Å². The van der Waals surface area contributed by atoms with Gasteiger partial charge < -0.3 is 25.2 Å². The van der Waals surface area contributed by atoms with Crippen LogP contribution in [-0.4, -0.2) is 80.8 Å². The highest BCUT2D eigenvalue weighted by Gasteiger charge is 2.36. The van der Waals surface area contributed by atoms with Crippen LogP contribution in [0.15, 0.2) is 0 Å². The number of fused-ring (bicyclic) bond motifs is 2. The summed E-state index contributed by atoms with van der Waals surface area (Å²) in [5, 5.41) is 14.0. The first-order chi connectivity index (χ1) is 9.25. The molecule has 0 aromatic heterocycles. The van der Waals surface area contributed by atoms with Crippen molar-refractivity contribution in [2.75, 3.05) is 52.6 Å². The molecular formula is C12H23N3O4. The van der Waals surface area contributed by atoms with Crippen molar-refractivity contribution in [3.8, 4) is 0 Å². The van der Waals surface area contributed by atoms with Crippen LogP contribution >= 0.6 is 0 Å². The quantitative estimate of drug-likeness (QED) is 0.483. The van der Waals surface area contributed by atoms with Crippen molar-refractivity contribution >= 4 is 6.09 Å². The predicted octanol–water partition coefficient (Wildman–Crippen LogP) is -0.667. The van der Waals surface area contributed by atoms with Gasteiger partial charge in [0.15, 0.2) is 0 Å². The van der Waals surface area contributed by atoms with Gasteiger partial charge in [-0.2, -0.15) is 0 Å². The summed E-state index contributed by atoms with van der Waals surface area (Å²) in [6.45, 7) is 5.76. The highest BCUT2D eigenvalue weighted by Crippen LogP contribution is 2.22. The number of carbonyl (C=O) groups is 1. The van der Waals surface area contributed by atoms with E-state index >= 15 is 0 Å². The molecule has 2 aliphatic heterocycles. The Morgan fingerprint density at radius 1 is 1.32 bits per heavy atom. The molecule has 2 fully saturated rings. The lowest BCUT2D eigenvalue weighted by molar-refractivity contribution is 0.0370. The zero-order valence-electron chi connectivity index (χ0n) is 11.1. The van der Waals surface area contributed by atoms with Crippen LogP contribution in [0.3, 0.4) is 0 Å². The summed E-state index contributed by atoms with van der Waals surface area (Å²) in [4.78, 5) is 12.6. The van der Waals surface area contributed by atoms with Gasteiger partial charge in [0.25, 0.3) is 0 Å². The standard InChI is InChI=1S/C12H23N3O4/c16-12(17)13-1-3-18-5-6-19-4-2-15-9-10-7-11(15)8-14-10/h10-11,13-14H,1-9H2,(H,16,17)/t10-,11-/m0/s1. The summed E-state index contributed by atoms with van der Waals surface area (Å²) in [5.74, 6) is 0. The molecule has 0 unspecified atom stereocenters. The van der Waals surface area contributed by atoms with E-state index in [2.05, 4.69) is 15.5 Å². The van der Waals surface area contributed by atoms with Gasteiger partial charge in [-0.25, -0.2) is 4.79 Å². The number of hydrogen-bond donors (Lipinski definition) is 3. The van der Waals surface area contributed by atoms with E-state index in [1.807, 2.05) is 0 Å². The molecule has 0 saturated carbocycles. The lowest BCUT2D eigenvalue weighted by Crippen LogP contribution is -2.44. The number of carboxylic acid groups (broad SMARTS) is 1. The summed E-state index contributed by atoms with van der Waals surface area (Å²) in [6, 6.07) is 1.39. The molecule has 19 heavy (non-hydrogen) atoms. The van der Waals surface area contributed by atoms with Crippen molar-refractivity contribution in [2.24, 2.45) is 0 Å². The Morgan fingerprint density at radius 3 is 2.74 bits per heavy atom. The number of rotatable bonds is 9. The maximum Gasteiger partial charge on any atom is 0.404 e. The zero-order valence-corrected chi connectivity index (χ0v) is 11.1. The van der Waals surface area contributed by atoms with Gasteiger partial charge in [-0.15, -0.1) is 0 Å². The third-order valence-corrected chi connectivity index (χ3v) is 3.59. The van der Waals surface area contributed by atoms with Crippen molar-refractivity contribution < 1.29 is 19.4 Å². The summed E-state index contributed by atoms with van der Waals surface area (Å²) < 4.78 is 10.7. The number of nitrogens with zero attached hydrogens (tertiary/aromatic N) is 1. The van der Waals surface area contributed by atoms with E-state index in [0.717, 1.165) is 26.2 Å². The van der Waals surface area contributed by atoms with Gasteiger partial charge in [0.1, 0.15) is 0 Å². The summed E-state index contributed by atoms with van der Waals surface area (Å²) >= 11 is 0. The summed E-state index contributed by atoms with van der Waals surface area (Å²) in [7, 11) is 0. The van der Waals surface area contributed by atoms with E-state index in [4.69, 9.17) is 14.6 Å². The zero-order chi connectivity index (χ0) is 13.5. The molecule has 0 radical (unpaired) electrons. The Bertz CT molecular complexity index is 290. The molecule has 7 nitrogen and oxygen atoms in total. The minimum Gasteiger partial charge on any atom is -0.465 e. The molecule has 2 aliphatic rings. The second-order valence-corrected chi connectivity index (χ2v) is 4.95. The number of likely N-dealkylation sites (tertiary alicyclic amines) is 1. The predicted molar refractivity (Wildman–Crippen MR) is 69.4 cm³/mol. The number of piperazine rings is 1. The van der Waals surface area contributed by atoms with Crippen LogP contribution in [0, 0.1) is 0 Å². The fourth-order valence-corrected chi connectivity index (χ4v) is 2.65. The smallest absolute Gasteiger partial charge is 0.404 e. The third-order valence-electron chi connectivity index (χ3n) is 3.59. The maximum atomic E-state index is 10.2. The van der Waals surface area contributed by atoms with Gasteiger partial charge >= 0.3 is 6.09 Å². The summed E-state index contributed by atoms with van der Waals surface area (Å²) in [5.41, 5.74) is 0. The molecule has 2 rings (SSSR count). The van der Waals surface area contributed by atoms with Crippen LogP contribution in [0.5, 0.6) is 0 Å². The van der Waals surface area contributed by atoms with Crippen molar-refractivity contribution in [2.45, 2.75) is 18.5 Å². The monoisotopic (exact) mass is 273 g/mol. The molecule has 3 N–H and O–H groups in total. The first-order valence-electron chi connectivity index (χ1n) is 6.85. The van der Waals surface area contributed by atoms with Crippen LogP contribution in [0.2, 0.25) is 0 Å². The molecule has 2 saturated heterocycles. The molecule has 2 atom stereocenters. The van der Waals surface area contributed by atoms with Crippen molar-refractivity contribution in [1.29, 1.82) is 0 Å². The van der Waals surface area contributed by atoms with E-state index < -0.39 is 6.09 Å². The maximum absolute atomic E-state index is 10.2. The first-order valence-corrected chi connectivity index (χ1v) is 6.85. The number of ether oxygens (including phenoxy) is 2. The van der Waals surface area contributed by atoms with Gasteiger partial charge in [0.2, 0.25) is 0 Å². The molecule has 0 aromatic rings. The second kappa shape index (κ2) is 7.64. The number of nitrogens with one attached hydrogen (secondary N) is 2. The van der Waals surface area contributed by atoms with E-state index in [-0.39, 0.29) is 0 Å². The average molecular weight is 273 g/mol. The van der Waals surface area contributed by atoms with Crippen LogP contribution in [-0.2, 0) is 9.47 Å². The Morgan fingerprint density at radius 2 is 2.11 bits per heavy atom. The molecule has 7 heteroatoms. The molecule has 2 bridgehead atoms. The van der Waals surface area contributed by atoms with Crippen molar-refractivity contribution in [3.05, 3.63) is 0 Å². The van der Waals surface area contributed by atoms with E-state index in [0.29, 0.717) is 38.4 Å². The Balaban J connectivity index is 1.36. The first kappa shape index (κ1) is 14.5. The highest BCUT2D eigenvalue weighted by molar-refractivity contribution is 5.64. The number of hydrogen-bond acceptors (Lipinski definition) is 5. The van der Waals surface area contributed by atoms with Gasteiger partial charge in [0.05, 0.1) is 26.4 Å². The molecule has 1 amide bonds. The molecule has 110 valence electrons. The van der Waals surface area contributed by atoms with Gasteiger partial charge in [-0.05, 0) is 6.42 Å². The van der Waals surface area contributed by atoms with Gasteiger partial charge in [0, 0.05) is 38.3 Å². The van der Waals surface area contributed by atoms with Gasteiger partial charge in [-0.3, -0.25) is 4.90 Å². The highest BCUT2D eigenvalue weighted by atomic mass is 16.5. The van der Waals surface area contributed by atoms with E-state index in [9.17, 15) is 4.79 Å². The van der Waals surface area contributed by atoms with E-state index in [1.165, 1.54) is 6.42 Å². The SMILES string of the molecule is O=C(O)NCCOCCOCCN1C[C@@H]2C[C@H]1CN2. The van der Waals surface area contributed by atoms with Crippen molar-refractivity contribution in [1.82, 2.24) is 15.5 Å². The van der Waals surface area contributed by atoms with Gasteiger partial charge in [-0.1, -0.05) is 0 Å². The third kappa shape index (κ3) is 4.94. The number of amides is 1. The molecule has 2 heterocycles. The Labute approximate surface area is 113 Å². The molecular weight excluding hydrogens is 250 g/mol. The summed E-state index contributed by atoms with van der Waals surface area (Å²) in [6.07, 6.45) is 0.258. The largest absolute Gasteiger partial charge is 0.465 e. The minimum absolute atomic E-state index is 0.319. The van der Waals surface area contributed by atoms with E-state index in [1.54, 1.807) is 0 Å². The van der Waals surface area contributed by atoms with Crippen LogP contribution in [0.4, 0.5) is 4.79 Å². The fraction of sp³-hybridized carbons (Fsp3) is 0.917. The van der Waals surface area contributed by atoms with Crippen LogP contribution < -0.4 is 10.6 Å². The Kier molecular flexibility index (Phi) is 5.84. The normalized spacial score (nSPS) is 25.9. The fourth-order valence-electron chi connectivity index (χ4n) is 2.65. The molecule has 0 aliphatic carbocycles. The van der Waals surface area contributed by atoms with Crippen LogP contribution in [0.25, 0.3) is 0 Å². The lowest BCUT2D eigenvalue weighted by Gasteiger charge is -2.26. The lowest BCUT2D eigenvalue weighted by atomic mass is 10.2.